The van der Waals surface area contributed by atoms with Crippen LogP contribution in [-0.2, 0) is 124 Å². The van der Waals surface area contributed by atoms with Crippen LogP contribution in [0.25, 0.3) is 0 Å². The van der Waals surface area contributed by atoms with Gasteiger partial charge in [0.25, 0.3) is 0 Å². The van der Waals surface area contributed by atoms with Crippen molar-refractivity contribution in [3.63, 3.8) is 0 Å². The highest BCUT2D eigenvalue weighted by molar-refractivity contribution is 5.75. The molecule has 0 unspecified atom stereocenters. The van der Waals surface area contributed by atoms with E-state index in [9.17, 15) is 167 Å². The number of amides is 6. The summed E-state index contributed by atoms with van der Waals surface area (Å²) in [4.78, 5) is 74.5. The van der Waals surface area contributed by atoms with Gasteiger partial charge in [-0.05, 0) is 0 Å². The maximum atomic E-state index is 13.0. The van der Waals surface area contributed by atoms with E-state index in [4.69, 9.17) is 94.7 Å². The molecule has 51 atom stereocenters. The van der Waals surface area contributed by atoms with Crippen LogP contribution in [0.3, 0.4) is 0 Å². The predicted octanol–water partition coefficient (Wildman–Crippen LogP) is -23.0. The topological polar surface area (TPSA) is 905 Å². The summed E-state index contributed by atoms with van der Waals surface area (Å²) in [6.07, 6.45) is -90.3. The summed E-state index contributed by atoms with van der Waals surface area (Å²) >= 11 is 0. The summed E-state index contributed by atoms with van der Waals surface area (Å²) in [5, 5.41) is 315. The molecule has 6 amide bonds. The minimum Gasteiger partial charge on any atom is -0.394 e. The van der Waals surface area contributed by atoms with E-state index in [0.29, 0.717) is 0 Å². The lowest BCUT2D eigenvalue weighted by atomic mass is 9.94. The molecular formula is C74H124N6O53. The molecular weight excluding hydrogens is 1820 g/mol. The number of aliphatic hydroxyl groups is 27. The molecule has 10 fully saturated rings. The Labute approximate surface area is 753 Å². The first kappa shape index (κ1) is 110. The van der Waals surface area contributed by atoms with E-state index in [1.54, 1.807) is 0 Å². The Kier molecular flexibility index (Phi) is 40.8. The van der Waals surface area contributed by atoms with E-state index >= 15 is 0 Å². The summed E-state index contributed by atoms with van der Waals surface area (Å²) < 4.78 is 117. The molecule has 0 bridgehead atoms. The van der Waals surface area contributed by atoms with Crippen LogP contribution in [0.1, 0.15) is 34.6 Å². The van der Waals surface area contributed by atoms with Crippen molar-refractivity contribution < 1.29 is 261 Å². The van der Waals surface area contributed by atoms with Gasteiger partial charge < -0.3 is 265 Å². The third-order valence-corrected chi connectivity index (χ3v) is 23.8. The van der Waals surface area contributed by atoms with Gasteiger partial charge in [-0.1, -0.05) is 0 Å². The normalized spacial score (nSPS) is 46.7. The van der Waals surface area contributed by atoms with Crippen LogP contribution < -0.4 is 31.9 Å². The van der Waals surface area contributed by atoms with Gasteiger partial charge in [-0.3, -0.25) is 28.8 Å². The highest BCUT2D eigenvalue weighted by Crippen LogP contribution is 2.40. The second-order valence-corrected chi connectivity index (χ2v) is 33.3. The molecule has 133 heavy (non-hydrogen) atoms. The lowest BCUT2D eigenvalue weighted by Gasteiger charge is -2.50. The fourth-order valence-electron chi connectivity index (χ4n) is 16.8. The molecule has 10 rings (SSSR count). The Morgan fingerprint density at radius 2 is 0.481 bits per heavy atom. The van der Waals surface area contributed by atoms with Crippen molar-refractivity contribution >= 4 is 35.9 Å². The fraction of sp³-hybridized carbons (Fsp3) is 0.919. The molecule has 10 aliphatic rings. The van der Waals surface area contributed by atoms with E-state index in [0.717, 1.165) is 34.6 Å². The molecule has 59 nitrogen and oxygen atoms in total. The lowest BCUT2D eigenvalue weighted by molar-refractivity contribution is -0.382. The van der Waals surface area contributed by atoms with Gasteiger partial charge in [0.05, 0.1) is 85.3 Å². The highest BCUT2D eigenvalue weighted by Gasteiger charge is 2.61. The Hall–Kier alpha value is -5.06. The molecule has 768 valence electrons. The summed E-state index contributed by atoms with van der Waals surface area (Å²) in [5.74, 6) is -4.40. The van der Waals surface area contributed by atoms with Crippen LogP contribution in [0.4, 0.5) is 0 Å². The number of aliphatic hydroxyl groups excluding tert-OH is 27. The smallest absolute Gasteiger partial charge is 0.217 e. The maximum Gasteiger partial charge on any atom is 0.217 e. The van der Waals surface area contributed by atoms with Crippen LogP contribution in [0.15, 0.2) is 0 Å². The average molecular weight is 1950 g/mol. The largest absolute Gasteiger partial charge is 0.394 e. The van der Waals surface area contributed by atoms with Crippen LogP contribution in [-0.4, -0.2) is 566 Å². The first-order valence-corrected chi connectivity index (χ1v) is 42.3. The van der Waals surface area contributed by atoms with E-state index in [-0.39, 0.29) is 6.41 Å². The van der Waals surface area contributed by atoms with Crippen LogP contribution in [0.2, 0.25) is 0 Å². The van der Waals surface area contributed by atoms with Crippen molar-refractivity contribution in [2.75, 3.05) is 79.3 Å². The van der Waals surface area contributed by atoms with Crippen LogP contribution in [0.5, 0.6) is 0 Å². The summed E-state index contributed by atoms with van der Waals surface area (Å²) in [7, 11) is 0. The van der Waals surface area contributed by atoms with Gasteiger partial charge in [0.1, 0.15) is 244 Å². The molecule has 0 aromatic carbocycles. The maximum absolute atomic E-state index is 13.0. The van der Waals surface area contributed by atoms with Gasteiger partial charge in [-0.15, -0.1) is 0 Å². The fourth-order valence-corrected chi connectivity index (χ4v) is 16.8. The summed E-state index contributed by atoms with van der Waals surface area (Å²) in [6, 6.07) is -9.95. The third kappa shape index (κ3) is 25.7. The zero-order valence-corrected chi connectivity index (χ0v) is 71.7. The molecule has 10 aliphatic heterocycles. The Balaban J connectivity index is 0.797. The van der Waals surface area contributed by atoms with Crippen molar-refractivity contribution in [1.29, 1.82) is 0 Å². The molecule has 0 aromatic rings. The number of rotatable bonds is 39. The number of hydrogen-bond acceptors (Lipinski definition) is 53. The molecule has 33 N–H and O–H groups in total. The van der Waals surface area contributed by atoms with E-state index < -0.39 is 422 Å². The van der Waals surface area contributed by atoms with Gasteiger partial charge >= 0.3 is 0 Å². The first-order chi connectivity index (χ1) is 63.0. The molecule has 0 aliphatic carbocycles. The monoisotopic (exact) mass is 1940 g/mol. The summed E-state index contributed by atoms with van der Waals surface area (Å²) in [6.45, 7) is -6.55. The van der Waals surface area contributed by atoms with Crippen molar-refractivity contribution in [3.8, 4) is 0 Å². The van der Waals surface area contributed by atoms with Gasteiger partial charge in [0, 0.05) is 34.6 Å². The van der Waals surface area contributed by atoms with Gasteiger partial charge in [-0.25, -0.2) is 0 Å². The van der Waals surface area contributed by atoms with Gasteiger partial charge in [0.15, 0.2) is 62.9 Å². The van der Waals surface area contributed by atoms with Crippen molar-refractivity contribution in [2.24, 2.45) is 0 Å². The van der Waals surface area contributed by atoms with Crippen molar-refractivity contribution in [2.45, 2.75) is 347 Å². The molecule has 10 heterocycles. The molecule has 0 saturated carbocycles. The van der Waals surface area contributed by atoms with Crippen molar-refractivity contribution in [3.05, 3.63) is 0 Å². The zero-order valence-electron chi connectivity index (χ0n) is 71.7. The van der Waals surface area contributed by atoms with E-state index in [1.807, 2.05) is 0 Å². The SMILES string of the molecule is CC(=O)N[C@H]1[C@H](OC[C@H]2O[C@@H](O[C@H]3[C@H](O)[C@@H](NC(C)=O)[C@H](O[C@H]4[C@@H](O)[C@@H](CO)O[C@@H](O[C@H]5[C@H](O)[C@@H](O)[C@H](OC[C@@H](CO)NC=O)O[C@@H]5CO)[C@@H]4O)O[C@@H]3CO)[C@H](O)[C@@H](O)[C@H]2O)O[C@H](CO)[C@@H](O[C@@H]2O[C@H](CO[C@@H]3O[C@H](CO)[C@@H](O[C@@H]4O[C@H](CO[C@@H]5O[C@H](CO)[C@@H](O)[C@H](O)[C@H]5NC(C)=O)[C@H](O)[C@H](O[C@@H]5O[C@H](CO)[C@@H](O)[C@H](O)[C@H]5NC(C)=O)[C@H]4O)[C@H](O)[C@H]3NC(C)=O)[C@H](O)[C@H](O)[C@H]2O)[C@@H]1O. The molecule has 10 saturated heterocycles. The average Bonchev–Trinajstić information content (AvgIpc) is 0.765. The quantitative estimate of drug-likeness (QED) is 0.0254. The second-order valence-electron chi connectivity index (χ2n) is 33.3. The number of nitrogens with one attached hydrogen (secondary N) is 6. The van der Waals surface area contributed by atoms with E-state index in [2.05, 4.69) is 31.9 Å². The third-order valence-electron chi connectivity index (χ3n) is 23.8. The number of hydrogen-bond donors (Lipinski definition) is 33. The van der Waals surface area contributed by atoms with Crippen molar-refractivity contribution in [1.82, 2.24) is 31.9 Å². The highest BCUT2D eigenvalue weighted by atomic mass is 16.8. The molecule has 0 radical (unpaired) electrons. The standard InChI is InChI=1S/C74H124N6O53/c1-19(90)76-35-46(101)40(95)25(7-82)118-65(35)117-17-34-45(100)64(133-68-36(77-20(2)91)47(102)41(96)26(8-83)119-68)58(113)74(127-34)130-60-29(11-86)122-67(38(49(60)104)79-22(4)93)116-15-32-42(97)51(106)54(109)71(125-32)128-59-28(10-85)121-66(37(48(59)103)78-21(3)92)115-16-33-43(98)52(107)55(110)72(126-33)129-61-30(12-87)123-69(39(50(61)105)80-23(5)94)132-63-44(99)27(9-84)120-73(57(63)112)131-62-31(13-88)124-70(56(111)53(62)108)114-14-24(6-81)75-18-89/h18,24-74,81-88,95-113H,6-17H2,1-5H3,(H,75,89)(H,76,90)(H,77,91)(H,78,92)(H,79,93)(H,80,94)/t24-,25-,26-,27-,28-,29-,30-,31-,32-,33-,34-,35-,36-,37-,38-,39-,40-,41-,42+,43+,44+,45+,46-,47-,48-,49-,50-,51+,52+,53-,54-,55-,56-,57-,58-,59-,60-,61-,62-,63+,64+,65-,66-,67-,68+,69+,70-,71+,72+,73+,74+/m1/s1. The zero-order chi connectivity index (χ0) is 97.9. The molecule has 0 spiro atoms. The van der Waals surface area contributed by atoms with Gasteiger partial charge in [-0.2, -0.15) is 0 Å². The number of carbonyl (C=O) groups is 6. The predicted molar refractivity (Wildman–Crippen MR) is 411 cm³/mol. The number of carbonyl (C=O) groups excluding carboxylic acids is 6. The molecule has 0 aromatic heterocycles. The first-order valence-electron chi connectivity index (χ1n) is 42.3. The molecule has 59 heteroatoms. The minimum atomic E-state index is -2.34. The van der Waals surface area contributed by atoms with Gasteiger partial charge in [0.2, 0.25) is 35.9 Å². The Morgan fingerprint density at radius 1 is 0.248 bits per heavy atom. The summed E-state index contributed by atoms with van der Waals surface area (Å²) in [5.41, 5.74) is 0. The Bertz CT molecular complexity index is 3630. The number of ether oxygens (including phenoxy) is 20. The van der Waals surface area contributed by atoms with Crippen LogP contribution >= 0.6 is 0 Å². The minimum absolute atomic E-state index is 0.253. The second kappa shape index (κ2) is 49.4. The van der Waals surface area contributed by atoms with E-state index in [1.165, 1.54) is 0 Å². The lowest BCUT2D eigenvalue weighted by Crippen LogP contribution is -2.70. The Morgan fingerprint density at radius 3 is 0.812 bits per heavy atom. The van der Waals surface area contributed by atoms with Crippen LogP contribution in [0, 0.1) is 0 Å².